The molecule has 4 nitrogen and oxygen atoms in total. The van der Waals surface area contributed by atoms with E-state index in [1.807, 2.05) is 0 Å². The maximum Gasteiger partial charge on any atom is 0.270 e. The monoisotopic (exact) mass is 267 g/mol. The van der Waals surface area contributed by atoms with Crippen molar-refractivity contribution >= 4 is 23.2 Å². The molecule has 1 aromatic carbocycles. The first-order valence-electron chi connectivity index (χ1n) is 5.79. The minimum atomic E-state index is -0.479. The van der Waals surface area contributed by atoms with Gasteiger partial charge in [0.25, 0.3) is 5.69 Å². The Kier molecular flexibility index (Phi) is 4.90. The topological polar surface area (TPSA) is 60.2 Å². The lowest BCUT2D eigenvalue weighted by atomic mass is 10.1. The molecule has 98 valence electrons. The molecule has 0 fully saturated rings. The van der Waals surface area contributed by atoms with E-state index in [4.69, 9.17) is 0 Å². The molecule has 0 bridgehead atoms. The highest BCUT2D eigenvalue weighted by Crippen LogP contribution is 2.32. The van der Waals surface area contributed by atoms with Gasteiger partial charge in [0.05, 0.1) is 4.92 Å². The van der Waals surface area contributed by atoms with Crippen LogP contribution in [0.1, 0.15) is 38.1 Å². The van der Waals surface area contributed by atoms with Gasteiger partial charge in [-0.05, 0) is 18.9 Å². The van der Waals surface area contributed by atoms with Gasteiger partial charge in [-0.1, -0.05) is 20.8 Å². The van der Waals surface area contributed by atoms with Crippen LogP contribution < -0.4 is 0 Å². The number of nitrogens with zero attached hydrogens (tertiary/aromatic N) is 1. The van der Waals surface area contributed by atoms with Gasteiger partial charge in [-0.15, -0.1) is 11.8 Å². The van der Waals surface area contributed by atoms with Crippen LogP contribution in [-0.4, -0.2) is 16.0 Å². The van der Waals surface area contributed by atoms with E-state index >= 15 is 0 Å². The van der Waals surface area contributed by atoms with Gasteiger partial charge >= 0.3 is 0 Å². The summed E-state index contributed by atoms with van der Waals surface area (Å²) in [4.78, 5) is 22.6. The van der Waals surface area contributed by atoms with Crippen molar-refractivity contribution in [3.63, 3.8) is 0 Å². The summed E-state index contributed by atoms with van der Waals surface area (Å²) in [7, 11) is 0. The average Bonchev–Trinajstić information content (AvgIpc) is 2.28. The van der Waals surface area contributed by atoms with E-state index < -0.39 is 4.92 Å². The van der Waals surface area contributed by atoms with Crippen LogP contribution in [0.2, 0.25) is 0 Å². The molecule has 1 atom stereocenters. The molecule has 18 heavy (non-hydrogen) atoms. The van der Waals surface area contributed by atoms with Gasteiger partial charge in [-0.2, -0.15) is 0 Å². The zero-order chi connectivity index (χ0) is 13.9. The Morgan fingerprint density at radius 1 is 1.33 bits per heavy atom. The van der Waals surface area contributed by atoms with Crippen LogP contribution in [0.3, 0.4) is 0 Å². The van der Waals surface area contributed by atoms with Gasteiger partial charge in [-0.25, -0.2) is 0 Å². The number of benzene rings is 1. The summed E-state index contributed by atoms with van der Waals surface area (Å²) >= 11 is 1.58. The van der Waals surface area contributed by atoms with Gasteiger partial charge in [0.1, 0.15) is 0 Å². The van der Waals surface area contributed by atoms with E-state index in [0.29, 0.717) is 16.7 Å². The molecule has 1 aromatic rings. The van der Waals surface area contributed by atoms with Crippen molar-refractivity contribution in [2.75, 3.05) is 0 Å². The number of hydrogen-bond donors (Lipinski definition) is 0. The van der Waals surface area contributed by atoms with Crippen molar-refractivity contribution in [3.8, 4) is 0 Å². The maximum atomic E-state index is 11.6. The first kappa shape index (κ1) is 14.7. The summed E-state index contributed by atoms with van der Waals surface area (Å²) in [5, 5.41) is 11.1. The van der Waals surface area contributed by atoms with Crippen LogP contribution in [0.5, 0.6) is 0 Å². The number of carbonyl (C=O) groups is 1. The lowest BCUT2D eigenvalue weighted by Crippen LogP contribution is -2.07. The predicted molar refractivity (Wildman–Crippen MR) is 73.3 cm³/mol. The molecule has 0 aliphatic rings. The standard InChI is InChI=1S/C13H17NO3S/c1-8(2)10(4)18-13-6-5-11(14(16)17)7-12(13)9(3)15/h5-8,10H,1-4H3. The number of hydrogen-bond acceptors (Lipinski definition) is 4. The molecule has 1 rings (SSSR count). The van der Waals surface area contributed by atoms with Crippen molar-refractivity contribution < 1.29 is 9.72 Å². The fourth-order valence-corrected chi connectivity index (χ4v) is 2.49. The average molecular weight is 267 g/mol. The minimum absolute atomic E-state index is 0.0400. The summed E-state index contributed by atoms with van der Waals surface area (Å²) < 4.78 is 0. The van der Waals surface area contributed by atoms with Gasteiger partial charge < -0.3 is 0 Å². The van der Waals surface area contributed by atoms with Crippen LogP contribution in [-0.2, 0) is 0 Å². The number of nitro groups is 1. The highest BCUT2D eigenvalue weighted by molar-refractivity contribution is 8.00. The summed E-state index contributed by atoms with van der Waals surface area (Å²) in [6.45, 7) is 7.73. The highest BCUT2D eigenvalue weighted by atomic mass is 32.2. The zero-order valence-electron chi connectivity index (χ0n) is 11.0. The molecular formula is C13H17NO3S. The number of thioether (sulfide) groups is 1. The Labute approximate surface area is 111 Å². The number of Topliss-reactive ketones (excluding diaryl/α,β-unsaturated/α-hetero) is 1. The van der Waals surface area contributed by atoms with E-state index in [1.165, 1.54) is 19.1 Å². The van der Waals surface area contributed by atoms with E-state index in [-0.39, 0.29) is 11.5 Å². The Balaban J connectivity index is 3.12. The quantitative estimate of drug-likeness (QED) is 0.351. The van der Waals surface area contributed by atoms with Crippen LogP contribution in [0, 0.1) is 16.0 Å². The van der Waals surface area contributed by atoms with E-state index in [2.05, 4.69) is 20.8 Å². The molecule has 0 saturated heterocycles. The minimum Gasteiger partial charge on any atom is -0.294 e. The molecule has 0 N–H and O–H groups in total. The summed E-state index contributed by atoms with van der Waals surface area (Å²) in [6.07, 6.45) is 0. The van der Waals surface area contributed by atoms with Crippen LogP contribution in [0.15, 0.2) is 23.1 Å². The molecule has 0 amide bonds. The molecule has 0 radical (unpaired) electrons. The second kappa shape index (κ2) is 6.00. The molecule has 0 aliphatic heterocycles. The number of rotatable bonds is 5. The fourth-order valence-electron chi connectivity index (χ4n) is 1.35. The van der Waals surface area contributed by atoms with Crippen molar-refractivity contribution in [2.24, 2.45) is 5.92 Å². The summed E-state index contributed by atoms with van der Waals surface area (Å²) in [5.41, 5.74) is 0.392. The van der Waals surface area contributed by atoms with Gasteiger partial charge in [0.15, 0.2) is 5.78 Å². The van der Waals surface area contributed by atoms with E-state index in [0.717, 1.165) is 4.90 Å². The first-order valence-corrected chi connectivity index (χ1v) is 6.67. The van der Waals surface area contributed by atoms with Crippen molar-refractivity contribution in [2.45, 2.75) is 37.8 Å². The third-order valence-corrected chi connectivity index (χ3v) is 4.33. The Morgan fingerprint density at radius 2 is 1.94 bits per heavy atom. The number of nitro benzene ring substituents is 1. The Hall–Kier alpha value is -1.36. The first-order chi connectivity index (χ1) is 8.32. The second-order valence-electron chi connectivity index (χ2n) is 4.56. The SMILES string of the molecule is CC(=O)c1cc([N+](=O)[O-])ccc1SC(C)C(C)C. The lowest BCUT2D eigenvalue weighted by molar-refractivity contribution is -0.384. The van der Waals surface area contributed by atoms with Crippen LogP contribution in [0.4, 0.5) is 5.69 Å². The molecule has 0 aliphatic carbocycles. The molecule has 0 heterocycles. The second-order valence-corrected chi connectivity index (χ2v) is 5.98. The highest BCUT2D eigenvalue weighted by Gasteiger charge is 2.17. The van der Waals surface area contributed by atoms with Crippen LogP contribution in [0.25, 0.3) is 0 Å². The number of non-ortho nitro benzene ring substituents is 1. The summed E-state index contributed by atoms with van der Waals surface area (Å²) in [6, 6.07) is 4.47. The lowest BCUT2D eigenvalue weighted by Gasteiger charge is -2.16. The van der Waals surface area contributed by atoms with Crippen molar-refractivity contribution in [1.29, 1.82) is 0 Å². The summed E-state index contributed by atoms with van der Waals surface area (Å²) in [5.74, 6) is 0.335. The smallest absolute Gasteiger partial charge is 0.270 e. The van der Waals surface area contributed by atoms with E-state index in [1.54, 1.807) is 17.8 Å². The molecule has 0 saturated carbocycles. The normalized spacial score (nSPS) is 12.5. The van der Waals surface area contributed by atoms with Crippen LogP contribution >= 0.6 is 11.8 Å². The number of ketones is 1. The third kappa shape index (κ3) is 3.57. The molecule has 0 spiro atoms. The van der Waals surface area contributed by atoms with Gasteiger partial charge in [-0.3, -0.25) is 14.9 Å². The largest absolute Gasteiger partial charge is 0.294 e. The molecule has 5 heteroatoms. The Bertz CT molecular complexity index is 471. The van der Waals surface area contributed by atoms with Gasteiger partial charge in [0, 0.05) is 27.8 Å². The van der Waals surface area contributed by atoms with Crippen molar-refractivity contribution in [1.82, 2.24) is 0 Å². The molecule has 0 aromatic heterocycles. The zero-order valence-corrected chi connectivity index (χ0v) is 11.8. The van der Waals surface area contributed by atoms with E-state index in [9.17, 15) is 14.9 Å². The predicted octanol–water partition coefficient (Wildman–Crippen LogP) is 3.93. The third-order valence-electron chi connectivity index (χ3n) is 2.80. The molecular weight excluding hydrogens is 250 g/mol. The number of carbonyl (C=O) groups excluding carboxylic acids is 1. The van der Waals surface area contributed by atoms with Gasteiger partial charge in [0.2, 0.25) is 0 Å². The Morgan fingerprint density at radius 3 is 2.39 bits per heavy atom. The fraction of sp³-hybridized carbons (Fsp3) is 0.462. The maximum absolute atomic E-state index is 11.6. The van der Waals surface area contributed by atoms with Crippen molar-refractivity contribution in [3.05, 3.63) is 33.9 Å². The molecule has 1 unspecified atom stereocenters.